The second kappa shape index (κ2) is 11.0. The van der Waals surface area contributed by atoms with Crippen molar-refractivity contribution in [3.8, 4) is 0 Å². The van der Waals surface area contributed by atoms with Crippen LogP contribution in [0.25, 0.3) is 10.9 Å². The molecule has 0 unspecified atom stereocenters. The lowest BCUT2D eigenvalue weighted by molar-refractivity contribution is 0.290. The first kappa shape index (κ1) is 20.4. The smallest absolute Gasteiger partial charge is 0.114 e. The highest BCUT2D eigenvalue weighted by atomic mass is 35.5. The highest BCUT2D eigenvalue weighted by molar-refractivity contribution is 5.85. The second-order valence-corrected chi connectivity index (χ2v) is 5.74. The first-order valence-corrected chi connectivity index (χ1v) is 8.54. The number of halogens is 1. The van der Waals surface area contributed by atoms with E-state index in [2.05, 4.69) is 34.2 Å². The molecular weight excluding hydrogens is 360 g/mol. The number of pyridine rings is 1. The molecule has 0 amide bonds. The number of aliphatic hydroxyl groups excluding tert-OH is 1. The van der Waals surface area contributed by atoms with Gasteiger partial charge in [0.25, 0.3) is 0 Å². The number of benzene rings is 2. The quantitative estimate of drug-likeness (QED) is 0.572. The van der Waals surface area contributed by atoms with Gasteiger partial charge in [-0.2, -0.15) is 0 Å². The molecule has 0 radical (unpaired) electrons. The van der Waals surface area contributed by atoms with Crippen LogP contribution in [0.1, 0.15) is 5.56 Å². The van der Waals surface area contributed by atoms with E-state index in [-0.39, 0.29) is 19.0 Å². The predicted molar refractivity (Wildman–Crippen MR) is 112 cm³/mol. The van der Waals surface area contributed by atoms with Gasteiger partial charge in [0.05, 0.1) is 25.2 Å². The maximum Gasteiger partial charge on any atom is 0.114 e. The van der Waals surface area contributed by atoms with Crippen molar-refractivity contribution < 1.29 is 5.11 Å². The van der Waals surface area contributed by atoms with E-state index in [4.69, 9.17) is 5.11 Å². The maximum atomic E-state index is 9.04. The molecule has 0 saturated carbocycles. The fraction of sp³-hybridized carbons (Fsp3) is 0.143. The Hall–Kier alpha value is -2.89. The van der Waals surface area contributed by atoms with Crippen LogP contribution < -0.4 is 5.01 Å². The average molecular weight is 383 g/mol. The zero-order valence-electron chi connectivity index (χ0n) is 14.9. The summed E-state index contributed by atoms with van der Waals surface area (Å²) in [5.41, 5.74) is 2.27. The molecule has 0 aliphatic heterocycles. The summed E-state index contributed by atoms with van der Waals surface area (Å²) in [5, 5.41) is 12.3. The number of aliphatic hydroxyl groups is 1. The van der Waals surface area contributed by atoms with Crippen molar-refractivity contribution in [1.29, 1.82) is 0 Å². The van der Waals surface area contributed by atoms with Crippen molar-refractivity contribution in [3.63, 3.8) is 0 Å². The van der Waals surface area contributed by atoms with Gasteiger partial charge in [-0.15, -0.1) is 12.4 Å². The molecule has 0 aliphatic rings. The Labute approximate surface area is 165 Å². The molecule has 0 spiro atoms. The van der Waals surface area contributed by atoms with E-state index in [0.717, 1.165) is 12.1 Å². The highest BCUT2D eigenvalue weighted by Gasteiger charge is 2.04. The van der Waals surface area contributed by atoms with E-state index in [0.29, 0.717) is 6.54 Å². The molecule has 2 heterocycles. The molecule has 4 rings (SSSR count). The fourth-order valence-corrected chi connectivity index (χ4v) is 2.62. The summed E-state index contributed by atoms with van der Waals surface area (Å²) in [6.45, 7) is 1.48. The minimum Gasteiger partial charge on any atom is -0.394 e. The maximum absolute atomic E-state index is 9.04. The SMILES string of the molecule is Cl.OCCN(Cc1ccccc1)n1ccnc1.c1ccc2ncccc2c1. The molecule has 1 N–H and O–H groups in total. The number of imidazole rings is 1. The molecule has 0 bridgehead atoms. The van der Waals surface area contributed by atoms with Gasteiger partial charge in [0, 0.05) is 24.0 Å². The van der Waals surface area contributed by atoms with E-state index in [1.165, 1.54) is 10.9 Å². The van der Waals surface area contributed by atoms with Crippen molar-refractivity contribution in [2.75, 3.05) is 18.2 Å². The molecule has 0 fully saturated rings. The van der Waals surface area contributed by atoms with Gasteiger partial charge in [-0.05, 0) is 17.7 Å². The molecule has 140 valence electrons. The Morgan fingerprint density at radius 3 is 2.33 bits per heavy atom. The van der Waals surface area contributed by atoms with E-state index in [1.807, 2.05) is 64.5 Å². The molecule has 2 aromatic heterocycles. The normalized spacial score (nSPS) is 9.81. The highest BCUT2D eigenvalue weighted by Crippen LogP contribution is 2.08. The Balaban J connectivity index is 0.000000205. The summed E-state index contributed by atoms with van der Waals surface area (Å²) < 4.78 is 1.89. The number of nitrogens with zero attached hydrogens (tertiary/aromatic N) is 4. The summed E-state index contributed by atoms with van der Waals surface area (Å²) in [6.07, 6.45) is 7.15. The zero-order chi connectivity index (χ0) is 18.0. The van der Waals surface area contributed by atoms with Crippen molar-refractivity contribution in [2.24, 2.45) is 0 Å². The van der Waals surface area contributed by atoms with Crippen LogP contribution >= 0.6 is 12.4 Å². The predicted octanol–water partition coefficient (Wildman–Crippen LogP) is 3.67. The summed E-state index contributed by atoms with van der Waals surface area (Å²) in [7, 11) is 0. The molecule has 0 aliphatic carbocycles. The van der Waals surface area contributed by atoms with E-state index >= 15 is 0 Å². The van der Waals surface area contributed by atoms with Gasteiger partial charge < -0.3 is 10.1 Å². The Morgan fingerprint density at radius 2 is 1.63 bits per heavy atom. The number of aromatic nitrogens is 3. The number of rotatable bonds is 5. The van der Waals surface area contributed by atoms with Crippen LogP contribution in [-0.4, -0.2) is 32.9 Å². The van der Waals surface area contributed by atoms with Crippen molar-refractivity contribution >= 4 is 23.3 Å². The minimum atomic E-state index is 0. The third-order valence-corrected chi connectivity index (χ3v) is 3.90. The van der Waals surface area contributed by atoms with E-state index in [9.17, 15) is 0 Å². The topological polar surface area (TPSA) is 54.2 Å². The van der Waals surface area contributed by atoms with Gasteiger partial charge in [0.1, 0.15) is 6.33 Å². The molecule has 27 heavy (non-hydrogen) atoms. The number of hydrogen-bond acceptors (Lipinski definition) is 4. The van der Waals surface area contributed by atoms with E-state index in [1.54, 1.807) is 12.5 Å². The first-order valence-electron chi connectivity index (χ1n) is 8.54. The largest absolute Gasteiger partial charge is 0.394 e. The van der Waals surface area contributed by atoms with Crippen LogP contribution in [0.4, 0.5) is 0 Å². The number of hydrogen-bond donors (Lipinski definition) is 1. The van der Waals surface area contributed by atoms with Gasteiger partial charge in [0.15, 0.2) is 0 Å². The van der Waals surface area contributed by atoms with Crippen LogP contribution in [-0.2, 0) is 6.54 Å². The third-order valence-electron chi connectivity index (χ3n) is 3.90. The standard InChI is InChI=1S/C12H15N3O.C9H7N.ClH/c16-9-8-14(15-7-6-13-11-15)10-12-4-2-1-3-5-12;1-2-6-9-8(4-1)5-3-7-10-9;/h1-7,11,16H,8-10H2;1-7H;1H. The van der Waals surface area contributed by atoms with Gasteiger partial charge in [-0.25, -0.2) is 4.98 Å². The van der Waals surface area contributed by atoms with Crippen molar-refractivity contribution in [2.45, 2.75) is 6.54 Å². The summed E-state index contributed by atoms with van der Waals surface area (Å²) in [6, 6.07) is 22.3. The van der Waals surface area contributed by atoms with Gasteiger partial charge in [0.2, 0.25) is 0 Å². The Bertz CT molecular complexity index is 835. The molecule has 0 atom stereocenters. The van der Waals surface area contributed by atoms with Crippen LogP contribution in [0.5, 0.6) is 0 Å². The lowest BCUT2D eigenvalue weighted by Gasteiger charge is -2.24. The molecule has 2 aromatic carbocycles. The molecule has 4 aromatic rings. The number of para-hydroxylation sites is 1. The van der Waals surface area contributed by atoms with Crippen molar-refractivity contribution in [3.05, 3.63) is 97.2 Å². The minimum absolute atomic E-state index is 0. The monoisotopic (exact) mass is 382 g/mol. The van der Waals surface area contributed by atoms with Crippen LogP contribution in [0.2, 0.25) is 0 Å². The molecule has 5 nitrogen and oxygen atoms in total. The Kier molecular flexibility index (Phi) is 8.29. The fourth-order valence-electron chi connectivity index (χ4n) is 2.62. The summed E-state index contributed by atoms with van der Waals surface area (Å²) >= 11 is 0. The Morgan fingerprint density at radius 1 is 0.889 bits per heavy atom. The first-order chi connectivity index (χ1) is 12.9. The van der Waals surface area contributed by atoms with Gasteiger partial charge in [-0.3, -0.25) is 9.66 Å². The zero-order valence-corrected chi connectivity index (χ0v) is 15.7. The molecule has 0 saturated heterocycles. The molecular formula is C21H23ClN4O. The number of fused-ring (bicyclic) bond motifs is 1. The van der Waals surface area contributed by atoms with Crippen LogP contribution in [0.15, 0.2) is 91.6 Å². The lowest BCUT2D eigenvalue weighted by Crippen LogP contribution is -2.35. The molecule has 6 heteroatoms. The second-order valence-electron chi connectivity index (χ2n) is 5.74. The van der Waals surface area contributed by atoms with Crippen molar-refractivity contribution in [1.82, 2.24) is 14.6 Å². The lowest BCUT2D eigenvalue weighted by atomic mass is 10.2. The van der Waals surface area contributed by atoms with Crippen LogP contribution in [0.3, 0.4) is 0 Å². The van der Waals surface area contributed by atoms with E-state index < -0.39 is 0 Å². The van der Waals surface area contributed by atoms with Gasteiger partial charge in [-0.1, -0.05) is 54.6 Å². The summed E-state index contributed by atoms with van der Waals surface area (Å²) in [4.78, 5) is 8.19. The summed E-state index contributed by atoms with van der Waals surface area (Å²) in [5.74, 6) is 0. The average Bonchev–Trinajstić information content (AvgIpc) is 3.24. The van der Waals surface area contributed by atoms with Gasteiger partial charge >= 0.3 is 0 Å². The third kappa shape index (κ3) is 6.09. The van der Waals surface area contributed by atoms with Crippen LogP contribution in [0, 0.1) is 0 Å².